The van der Waals surface area contributed by atoms with Gasteiger partial charge in [-0.25, -0.2) is 13.2 Å². The molecule has 0 heterocycles. The van der Waals surface area contributed by atoms with Gasteiger partial charge in [0.25, 0.3) is 0 Å². The van der Waals surface area contributed by atoms with Gasteiger partial charge in [-0.05, 0) is 41.0 Å². The predicted molar refractivity (Wildman–Crippen MR) is 114 cm³/mol. The zero-order chi connectivity index (χ0) is 20.2. The molecule has 0 amide bonds. The molecule has 0 atom stereocenters. The van der Waals surface area contributed by atoms with Crippen molar-refractivity contribution in [2.75, 3.05) is 0 Å². The number of rotatable bonds is 5. The first-order valence-corrected chi connectivity index (χ1v) is 10.6. The van der Waals surface area contributed by atoms with Crippen LogP contribution in [0.1, 0.15) is 11.1 Å². The Bertz CT molecular complexity index is 1050. The van der Waals surface area contributed by atoms with Gasteiger partial charge in [-0.3, -0.25) is 0 Å². The highest BCUT2D eigenvalue weighted by molar-refractivity contribution is 7.79. The van der Waals surface area contributed by atoms with E-state index < -0.39 is 25.4 Å². The minimum atomic E-state index is -1.42. The Kier molecular flexibility index (Phi) is 5.78. The molecule has 4 aromatic rings. The summed E-state index contributed by atoms with van der Waals surface area (Å²) in [5, 5.41) is 3.66. The van der Waals surface area contributed by atoms with Crippen LogP contribution >= 0.6 is 7.92 Å². The summed E-state index contributed by atoms with van der Waals surface area (Å²) in [6.07, 6.45) is 0.206. The van der Waals surface area contributed by atoms with Gasteiger partial charge in [0.05, 0.1) is 0 Å². The van der Waals surface area contributed by atoms with Crippen LogP contribution < -0.4 is 15.9 Å². The first-order chi connectivity index (χ1) is 14.1. The second-order valence-corrected chi connectivity index (χ2v) is 8.90. The molecule has 4 heteroatoms. The third kappa shape index (κ3) is 4.26. The normalized spacial score (nSPS) is 11.0. The molecule has 0 fully saturated rings. The van der Waals surface area contributed by atoms with E-state index in [1.807, 2.05) is 60.7 Å². The van der Waals surface area contributed by atoms with Gasteiger partial charge in [-0.2, -0.15) is 0 Å². The fourth-order valence-corrected chi connectivity index (χ4v) is 5.57. The predicted octanol–water partition coefficient (Wildman–Crippen LogP) is 5.45. The number of hydrogen-bond donors (Lipinski definition) is 0. The number of hydrogen-bond acceptors (Lipinski definition) is 0. The molecule has 144 valence electrons. The van der Waals surface area contributed by atoms with Crippen LogP contribution in [0.3, 0.4) is 0 Å². The molecule has 0 aliphatic carbocycles. The van der Waals surface area contributed by atoms with E-state index in [2.05, 4.69) is 24.3 Å². The van der Waals surface area contributed by atoms with Crippen LogP contribution in [-0.2, 0) is 6.42 Å². The highest BCUT2D eigenvalue weighted by Gasteiger charge is 2.17. The molecule has 4 aromatic carbocycles. The van der Waals surface area contributed by atoms with Gasteiger partial charge in [-0.1, -0.05) is 91.0 Å². The van der Waals surface area contributed by atoms with Gasteiger partial charge in [-0.15, -0.1) is 0 Å². The second kappa shape index (κ2) is 8.63. The van der Waals surface area contributed by atoms with Crippen molar-refractivity contribution in [2.45, 2.75) is 6.42 Å². The summed E-state index contributed by atoms with van der Waals surface area (Å²) in [7, 11) is -0.717. The largest absolute Gasteiger partial charge is 0.204 e. The SMILES string of the molecule is Fc1ccc(Cc2ccc(P(c3ccccc3)c3ccccc3)cc2)c(F)c1F. The monoisotopic (exact) mass is 406 g/mol. The average Bonchev–Trinajstić information content (AvgIpc) is 2.77. The van der Waals surface area contributed by atoms with Gasteiger partial charge in [0, 0.05) is 6.42 Å². The summed E-state index contributed by atoms with van der Waals surface area (Å²) in [5.74, 6) is -3.71. The summed E-state index contributed by atoms with van der Waals surface area (Å²) < 4.78 is 40.6. The van der Waals surface area contributed by atoms with Crippen molar-refractivity contribution in [2.24, 2.45) is 0 Å². The fourth-order valence-electron chi connectivity index (χ4n) is 3.29. The first kappa shape index (κ1) is 19.4. The highest BCUT2D eigenvalue weighted by Crippen LogP contribution is 2.32. The Morgan fingerprint density at radius 1 is 0.517 bits per heavy atom. The Hall–Kier alpha value is -2.90. The molecule has 0 aromatic heterocycles. The van der Waals surface area contributed by atoms with E-state index in [1.165, 1.54) is 22.0 Å². The summed E-state index contributed by atoms with van der Waals surface area (Å²) in [5.41, 5.74) is 0.986. The molecular weight excluding hydrogens is 388 g/mol. The third-order valence-electron chi connectivity index (χ3n) is 4.73. The molecule has 29 heavy (non-hydrogen) atoms. The lowest BCUT2D eigenvalue weighted by atomic mass is 10.0. The van der Waals surface area contributed by atoms with Gasteiger partial charge in [0.2, 0.25) is 0 Å². The van der Waals surface area contributed by atoms with Crippen molar-refractivity contribution in [3.8, 4) is 0 Å². The zero-order valence-electron chi connectivity index (χ0n) is 15.5. The minimum absolute atomic E-state index is 0.144. The lowest BCUT2D eigenvalue weighted by Gasteiger charge is -2.19. The summed E-state index contributed by atoms with van der Waals surface area (Å²) in [4.78, 5) is 0. The standard InChI is InChI=1S/C25H18F3P/c26-23-16-13-19(24(27)25(23)28)17-18-11-14-22(15-12-18)29(20-7-3-1-4-8-20)21-9-5-2-6-10-21/h1-16H,17H2. The Labute approximate surface area is 169 Å². The zero-order valence-corrected chi connectivity index (χ0v) is 16.4. The Morgan fingerprint density at radius 3 is 1.59 bits per heavy atom. The molecule has 0 N–H and O–H groups in total. The van der Waals surface area contributed by atoms with Crippen molar-refractivity contribution in [3.63, 3.8) is 0 Å². The van der Waals surface area contributed by atoms with E-state index in [0.717, 1.165) is 11.6 Å². The maximum absolute atomic E-state index is 14.0. The average molecular weight is 406 g/mol. The van der Waals surface area contributed by atoms with E-state index in [9.17, 15) is 13.2 Å². The van der Waals surface area contributed by atoms with Crippen LogP contribution in [0.25, 0.3) is 0 Å². The molecule has 0 radical (unpaired) electrons. The summed E-state index contributed by atoms with van der Waals surface area (Å²) in [6, 6.07) is 30.9. The van der Waals surface area contributed by atoms with Crippen molar-refractivity contribution in [1.29, 1.82) is 0 Å². The smallest absolute Gasteiger partial charge is 0.194 e. The second-order valence-electron chi connectivity index (χ2n) is 6.68. The molecular formula is C25H18F3P. The van der Waals surface area contributed by atoms with E-state index in [1.54, 1.807) is 0 Å². The van der Waals surface area contributed by atoms with Crippen LogP contribution in [-0.4, -0.2) is 0 Å². The first-order valence-electron chi connectivity index (χ1n) is 9.25. The van der Waals surface area contributed by atoms with Crippen LogP contribution in [0.5, 0.6) is 0 Å². The number of halogens is 3. The summed E-state index contributed by atoms with van der Waals surface area (Å²) >= 11 is 0. The van der Waals surface area contributed by atoms with Crippen LogP contribution in [0.15, 0.2) is 97.1 Å². The highest BCUT2D eigenvalue weighted by atomic mass is 31.1. The molecule has 0 nitrogen and oxygen atoms in total. The Morgan fingerprint density at radius 2 is 1.03 bits per heavy atom. The molecule has 4 rings (SSSR count). The topological polar surface area (TPSA) is 0 Å². The van der Waals surface area contributed by atoms with Crippen molar-refractivity contribution < 1.29 is 13.2 Å². The molecule has 0 spiro atoms. The van der Waals surface area contributed by atoms with Crippen molar-refractivity contribution in [3.05, 3.63) is 126 Å². The van der Waals surface area contributed by atoms with Gasteiger partial charge in [0.1, 0.15) is 0 Å². The van der Waals surface area contributed by atoms with E-state index in [0.29, 0.717) is 0 Å². The molecule has 0 bridgehead atoms. The van der Waals surface area contributed by atoms with Gasteiger partial charge < -0.3 is 0 Å². The van der Waals surface area contributed by atoms with Gasteiger partial charge in [0.15, 0.2) is 17.5 Å². The van der Waals surface area contributed by atoms with E-state index in [-0.39, 0.29) is 12.0 Å². The van der Waals surface area contributed by atoms with Crippen molar-refractivity contribution in [1.82, 2.24) is 0 Å². The molecule has 0 aliphatic rings. The molecule has 0 aliphatic heterocycles. The Balaban J connectivity index is 1.66. The lowest BCUT2D eigenvalue weighted by Crippen LogP contribution is -2.20. The molecule has 0 saturated carbocycles. The van der Waals surface area contributed by atoms with Crippen LogP contribution in [0.2, 0.25) is 0 Å². The lowest BCUT2D eigenvalue weighted by molar-refractivity contribution is 0.442. The number of benzene rings is 4. The van der Waals surface area contributed by atoms with Crippen LogP contribution in [0, 0.1) is 17.5 Å². The van der Waals surface area contributed by atoms with Crippen LogP contribution in [0.4, 0.5) is 13.2 Å². The van der Waals surface area contributed by atoms with E-state index in [4.69, 9.17) is 0 Å². The third-order valence-corrected chi connectivity index (χ3v) is 7.18. The maximum atomic E-state index is 14.0. The minimum Gasteiger partial charge on any atom is -0.204 e. The quantitative estimate of drug-likeness (QED) is 0.305. The van der Waals surface area contributed by atoms with Gasteiger partial charge >= 0.3 is 0 Å². The molecule has 0 unspecified atom stereocenters. The fraction of sp³-hybridized carbons (Fsp3) is 0.0400. The molecule has 0 saturated heterocycles. The van der Waals surface area contributed by atoms with E-state index >= 15 is 0 Å². The summed E-state index contributed by atoms with van der Waals surface area (Å²) in [6.45, 7) is 0. The van der Waals surface area contributed by atoms with Crippen molar-refractivity contribution >= 4 is 23.8 Å². The maximum Gasteiger partial charge on any atom is 0.194 e.